The van der Waals surface area contributed by atoms with Crippen molar-refractivity contribution in [1.82, 2.24) is 9.97 Å². The minimum atomic E-state index is -0.0943. The second-order valence-electron chi connectivity index (χ2n) is 3.66. The van der Waals surface area contributed by atoms with Crippen LogP contribution < -0.4 is 4.90 Å². The number of amides is 1. The average molecular weight is 259 g/mol. The Balaban J connectivity index is 2.20. The van der Waals surface area contributed by atoms with Gasteiger partial charge in [0.25, 0.3) is 5.91 Å². The zero-order valence-corrected chi connectivity index (χ0v) is 11.0. The number of anilines is 1. The average Bonchev–Trinajstić information content (AvgIpc) is 2.47. The van der Waals surface area contributed by atoms with Gasteiger partial charge in [0.05, 0.1) is 22.5 Å². The highest BCUT2D eigenvalue weighted by atomic mass is 32.2. The highest BCUT2D eigenvalue weighted by molar-refractivity contribution is 7.98. The number of thioether (sulfide) groups is 1. The molecule has 0 N–H and O–H groups in total. The van der Waals surface area contributed by atoms with Gasteiger partial charge in [0.1, 0.15) is 0 Å². The first-order valence-electron chi connectivity index (χ1n) is 5.40. The zero-order valence-electron chi connectivity index (χ0n) is 10.2. The minimum absolute atomic E-state index is 0.0943. The molecular weight excluding hydrogens is 246 g/mol. The van der Waals surface area contributed by atoms with Gasteiger partial charge in [-0.15, -0.1) is 11.8 Å². The van der Waals surface area contributed by atoms with Crippen LogP contribution in [0.15, 0.2) is 47.9 Å². The fourth-order valence-corrected chi connectivity index (χ4v) is 1.85. The number of hydrogen-bond donors (Lipinski definition) is 0. The second kappa shape index (κ2) is 5.64. The maximum atomic E-state index is 12.2. The van der Waals surface area contributed by atoms with Crippen LogP contribution in [0.3, 0.4) is 0 Å². The molecule has 1 amide bonds. The van der Waals surface area contributed by atoms with Crippen molar-refractivity contribution in [1.29, 1.82) is 0 Å². The summed E-state index contributed by atoms with van der Waals surface area (Å²) in [7, 11) is 1.72. The fraction of sp³-hybridized carbons (Fsp3) is 0.154. The van der Waals surface area contributed by atoms with Crippen molar-refractivity contribution in [3.8, 4) is 0 Å². The number of carbonyl (C=O) groups is 1. The Morgan fingerprint density at radius 1 is 1.28 bits per heavy atom. The molecule has 2 heterocycles. The lowest BCUT2D eigenvalue weighted by Crippen LogP contribution is -2.26. The molecule has 0 aliphatic rings. The largest absolute Gasteiger partial charge is 0.310 e. The number of rotatable bonds is 3. The van der Waals surface area contributed by atoms with Crippen LogP contribution >= 0.6 is 11.8 Å². The van der Waals surface area contributed by atoms with Gasteiger partial charge in [-0.05, 0) is 30.5 Å². The second-order valence-corrected chi connectivity index (χ2v) is 4.49. The summed E-state index contributed by atoms with van der Waals surface area (Å²) in [6, 6.07) is 7.27. The van der Waals surface area contributed by atoms with Crippen molar-refractivity contribution in [3.63, 3.8) is 0 Å². The highest BCUT2D eigenvalue weighted by Crippen LogP contribution is 2.15. The SMILES string of the molecule is CSc1ccc(C(=O)N(C)c2cccnc2)cn1. The third kappa shape index (κ3) is 2.68. The van der Waals surface area contributed by atoms with E-state index in [1.807, 2.05) is 18.4 Å². The van der Waals surface area contributed by atoms with Crippen LogP contribution in [0.4, 0.5) is 5.69 Å². The summed E-state index contributed by atoms with van der Waals surface area (Å²) in [5.74, 6) is -0.0943. The number of carbonyl (C=O) groups excluding carboxylic acids is 1. The lowest BCUT2D eigenvalue weighted by atomic mass is 10.2. The Kier molecular flexibility index (Phi) is 3.94. The summed E-state index contributed by atoms with van der Waals surface area (Å²) in [6.45, 7) is 0. The first-order chi connectivity index (χ1) is 8.72. The predicted molar refractivity (Wildman–Crippen MR) is 73.0 cm³/mol. The standard InChI is InChI=1S/C13H13N3OS/c1-16(11-4-3-7-14-9-11)13(17)10-5-6-12(18-2)15-8-10/h3-9H,1-2H3. The van der Waals surface area contributed by atoms with Gasteiger partial charge in [-0.25, -0.2) is 4.98 Å². The van der Waals surface area contributed by atoms with Crippen molar-refractivity contribution in [2.24, 2.45) is 0 Å². The van der Waals surface area contributed by atoms with E-state index in [4.69, 9.17) is 0 Å². The summed E-state index contributed by atoms with van der Waals surface area (Å²) in [4.78, 5) is 21.9. The predicted octanol–water partition coefficient (Wildman–Crippen LogP) is 2.48. The summed E-state index contributed by atoms with van der Waals surface area (Å²) in [5.41, 5.74) is 1.33. The van der Waals surface area contributed by atoms with Crippen LogP contribution in [-0.2, 0) is 0 Å². The lowest BCUT2D eigenvalue weighted by molar-refractivity contribution is 0.0992. The van der Waals surface area contributed by atoms with E-state index in [0.717, 1.165) is 10.7 Å². The molecule has 92 valence electrons. The highest BCUT2D eigenvalue weighted by Gasteiger charge is 2.13. The van der Waals surface area contributed by atoms with E-state index in [0.29, 0.717) is 5.56 Å². The van der Waals surface area contributed by atoms with E-state index in [1.54, 1.807) is 54.4 Å². The van der Waals surface area contributed by atoms with Crippen LogP contribution in [-0.4, -0.2) is 29.2 Å². The Labute approximate surface area is 110 Å². The molecule has 0 aliphatic heterocycles. The van der Waals surface area contributed by atoms with E-state index in [-0.39, 0.29) is 5.91 Å². The lowest BCUT2D eigenvalue weighted by Gasteiger charge is -2.16. The van der Waals surface area contributed by atoms with Crippen molar-refractivity contribution in [2.75, 3.05) is 18.2 Å². The van der Waals surface area contributed by atoms with E-state index >= 15 is 0 Å². The van der Waals surface area contributed by atoms with Crippen LogP contribution in [0.1, 0.15) is 10.4 Å². The summed E-state index contributed by atoms with van der Waals surface area (Å²) in [6.07, 6.45) is 6.88. The summed E-state index contributed by atoms with van der Waals surface area (Å²) in [5, 5.41) is 0.899. The molecule has 5 heteroatoms. The monoisotopic (exact) mass is 259 g/mol. The van der Waals surface area contributed by atoms with Gasteiger partial charge in [-0.2, -0.15) is 0 Å². The molecule has 0 saturated carbocycles. The molecule has 0 atom stereocenters. The Bertz CT molecular complexity index is 528. The van der Waals surface area contributed by atoms with Gasteiger partial charge in [-0.3, -0.25) is 9.78 Å². The molecule has 2 rings (SSSR count). The van der Waals surface area contributed by atoms with E-state index in [2.05, 4.69) is 9.97 Å². The first-order valence-corrected chi connectivity index (χ1v) is 6.63. The van der Waals surface area contributed by atoms with Gasteiger partial charge < -0.3 is 4.90 Å². The topological polar surface area (TPSA) is 46.1 Å². The van der Waals surface area contributed by atoms with Crippen molar-refractivity contribution in [2.45, 2.75) is 5.03 Å². The zero-order chi connectivity index (χ0) is 13.0. The van der Waals surface area contributed by atoms with Crippen LogP contribution in [0.25, 0.3) is 0 Å². The van der Waals surface area contributed by atoms with Crippen LogP contribution in [0.2, 0.25) is 0 Å². The Hall–Kier alpha value is -1.88. The molecule has 0 bridgehead atoms. The third-order valence-electron chi connectivity index (χ3n) is 2.53. The minimum Gasteiger partial charge on any atom is -0.310 e. The quantitative estimate of drug-likeness (QED) is 0.794. The Morgan fingerprint density at radius 2 is 2.11 bits per heavy atom. The van der Waals surface area contributed by atoms with Crippen LogP contribution in [0, 0.1) is 0 Å². The van der Waals surface area contributed by atoms with Gasteiger partial charge in [0, 0.05) is 19.4 Å². The molecule has 0 aliphatic carbocycles. The molecule has 0 radical (unpaired) electrons. The van der Waals surface area contributed by atoms with Gasteiger partial charge in [0.2, 0.25) is 0 Å². The van der Waals surface area contributed by atoms with Crippen LogP contribution in [0.5, 0.6) is 0 Å². The Morgan fingerprint density at radius 3 is 2.67 bits per heavy atom. The number of nitrogens with zero attached hydrogens (tertiary/aromatic N) is 3. The van der Waals surface area contributed by atoms with E-state index in [9.17, 15) is 4.79 Å². The molecule has 4 nitrogen and oxygen atoms in total. The maximum absolute atomic E-state index is 12.2. The van der Waals surface area contributed by atoms with E-state index < -0.39 is 0 Å². The fourth-order valence-electron chi connectivity index (χ4n) is 1.49. The van der Waals surface area contributed by atoms with Gasteiger partial charge >= 0.3 is 0 Å². The number of aromatic nitrogens is 2. The molecule has 2 aromatic rings. The normalized spacial score (nSPS) is 10.1. The molecule has 18 heavy (non-hydrogen) atoms. The number of pyridine rings is 2. The maximum Gasteiger partial charge on any atom is 0.259 e. The molecular formula is C13H13N3OS. The van der Waals surface area contributed by atoms with Gasteiger partial charge in [-0.1, -0.05) is 0 Å². The third-order valence-corrected chi connectivity index (χ3v) is 3.19. The molecule has 0 saturated heterocycles. The molecule has 0 spiro atoms. The first kappa shape index (κ1) is 12.6. The van der Waals surface area contributed by atoms with E-state index in [1.165, 1.54) is 0 Å². The molecule has 0 unspecified atom stereocenters. The molecule has 0 fully saturated rings. The van der Waals surface area contributed by atoms with Crippen molar-refractivity contribution < 1.29 is 4.79 Å². The van der Waals surface area contributed by atoms with Crippen molar-refractivity contribution in [3.05, 3.63) is 48.4 Å². The smallest absolute Gasteiger partial charge is 0.259 e. The van der Waals surface area contributed by atoms with Gasteiger partial charge in [0.15, 0.2) is 0 Å². The van der Waals surface area contributed by atoms with Crippen molar-refractivity contribution >= 4 is 23.4 Å². The molecule has 0 aromatic carbocycles. The number of hydrogen-bond acceptors (Lipinski definition) is 4. The summed E-state index contributed by atoms with van der Waals surface area (Å²) >= 11 is 1.55. The summed E-state index contributed by atoms with van der Waals surface area (Å²) < 4.78 is 0. The molecule has 2 aromatic heterocycles.